The van der Waals surface area contributed by atoms with E-state index >= 15 is 0 Å². The summed E-state index contributed by atoms with van der Waals surface area (Å²) in [5, 5.41) is 26.6. The van der Waals surface area contributed by atoms with Gasteiger partial charge in [0.25, 0.3) is 0 Å². The van der Waals surface area contributed by atoms with Gasteiger partial charge in [-0.15, -0.1) is 0 Å². The zero-order valence-corrected chi connectivity index (χ0v) is 17.7. The predicted octanol–water partition coefficient (Wildman–Crippen LogP) is 2.93. The normalized spacial score (nSPS) is 30.8. The van der Waals surface area contributed by atoms with E-state index in [0.29, 0.717) is 30.9 Å². The van der Waals surface area contributed by atoms with Gasteiger partial charge in [0, 0.05) is 24.2 Å². The number of benzene rings is 1. The second-order valence-corrected chi connectivity index (χ2v) is 9.13. The van der Waals surface area contributed by atoms with E-state index in [9.17, 15) is 18.7 Å². The van der Waals surface area contributed by atoms with Gasteiger partial charge < -0.3 is 25.6 Å². The minimum Gasteiger partial charge on any atom is -0.387 e. The van der Waals surface area contributed by atoms with Crippen molar-refractivity contribution in [1.29, 1.82) is 10.8 Å². The average Bonchev–Trinajstić information content (AvgIpc) is 3.09. The average molecular weight is 431 g/mol. The van der Waals surface area contributed by atoms with Crippen LogP contribution in [0.5, 0.6) is 0 Å². The SMILES string of the molecule is CC1(C)[C@H]2CC[C@]1([C@H]1CN(C(=O)CO)CCO1)C(=N)/C2=C\C(=N)c1c(F)cccc1F. The molecule has 1 aromatic rings. The molecule has 166 valence electrons. The molecule has 3 atom stereocenters. The van der Waals surface area contributed by atoms with Crippen LogP contribution in [0.3, 0.4) is 0 Å². The molecule has 2 aliphatic carbocycles. The summed E-state index contributed by atoms with van der Waals surface area (Å²) in [6, 6.07) is 3.49. The fraction of sp³-hybridized carbons (Fsp3) is 0.522. The minimum absolute atomic E-state index is 0.0531. The Kier molecular flexibility index (Phi) is 5.34. The van der Waals surface area contributed by atoms with Crippen molar-refractivity contribution in [3.8, 4) is 0 Å². The second-order valence-electron chi connectivity index (χ2n) is 9.13. The number of ether oxygens (including phenoxy) is 1. The molecule has 2 bridgehead atoms. The van der Waals surface area contributed by atoms with Crippen LogP contribution >= 0.6 is 0 Å². The molecule has 0 radical (unpaired) electrons. The molecule has 8 heteroatoms. The van der Waals surface area contributed by atoms with Crippen molar-refractivity contribution in [3.05, 3.63) is 47.0 Å². The van der Waals surface area contributed by atoms with Gasteiger partial charge in [0.1, 0.15) is 18.2 Å². The van der Waals surface area contributed by atoms with Crippen LogP contribution in [0.15, 0.2) is 29.8 Å². The fourth-order valence-corrected chi connectivity index (χ4v) is 5.96. The van der Waals surface area contributed by atoms with Crippen molar-refractivity contribution in [2.45, 2.75) is 32.8 Å². The second kappa shape index (κ2) is 7.60. The van der Waals surface area contributed by atoms with E-state index in [4.69, 9.17) is 15.6 Å². The zero-order chi connectivity index (χ0) is 22.6. The molecule has 1 saturated heterocycles. The van der Waals surface area contributed by atoms with Gasteiger partial charge in [-0.1, -0.05) is 19.9 Å². The largest absolute Gasteiger partial charge is 0.387 e. The van der Waals surface area contributed by atoms with Crippen LogP contribution in [-0.4, -0.2) is 59.7 Å². The van der Waals surface area contributed by atoms with Crippen LogP contribution in [0.25, 0.3) is 0 Å². The number of allylic oxidation sites excluding steroid dienone is 2. The number of aliphatic hydroxyl groups excluding tert-OH is 1. The third-order valence-electron chi connectivity index (χ3n) is 7.59. The highest BCUT2D eigenvalue weighted by Crippen LogP contribution is 2.68. The summed E-state index contributed by atoms with van der Waals surface area (Å²) in [4.78, 5) is 13.6. The van der Waals surface area contributed by atoms with E-state index in [1.54, 1.807) is 4.90 Å². The van der Waals surface area contributed by atoms with Crippen LogP contribution in [-0.2, 0) is 9.53 Å². The molecular weight excluding hydrogens is 404 g/mol. The number of nitrogens with one attached hydrogen (secondary N) is 2. The van der Waals surface area contributed by atoms with E-state index in [0.717, 1.165) is 18.6 Å². The molecule has 1 aliphatic heterocycles. The molecule has 4 rings (SSSR count). The van der Waals surface area contributed by atoms with Gasteiger partial charge in [-0.25, -0.2) is 8.78 Å². The lowest BCUT2D eigenvalue weighted by Gasteiger charge is -2.47. The number of amides is 1. The third-order valence-corrected chi connectivity index (χ3v) is 7.59. The number of hydrogen-bond acceptors (Lipinski definition) is 5. The Morgan fingerprint density at radius 1 is 1.35 bits per heavy atom. The van der Waals surface area contributed by atoms with Crippen LogP contribution in [0.1, 0.15) is 32.3 Å². The molecule has 3 N–H and O–H groups in total. The minimum atomic E-state index is -0.806. The summed E-state index contributed by atoms with van der Waals surface area (Å²) in [6.07, 6.45) is 2.47. The first-order chi connectivity index (χ1) is 14.6. The molecule has 3 fully saturated rings. The Balaban J connectivity index is 1.71. The number of nitrogens with zero attached hydrogens (tertiary/aromatic N) is 1. The lowest BCUT2D eigenvalue weighted by molar-refractivity contribution is -0.149. The van der Waals surface area contributed by atoms with Crippen LogP contribution in [0.2, 0.25) is 0 Å². The van der Waals surface area contributed by atoms with Gasteiger partial charge in [0.2, 0.25) is 5.91 Å². The van der Waals surface area contributed by atoms with Gasteiger partial charge in [-0.3, -0.25) is 4.79 Å². The fourth-order valence-electron chi connectivity index (χ4n) is 5.96. The Bertz CT molecular complexity index is 970. The van der Waals surface area contributed by atoms with Gasteiger partial charge in [0.05, 0.1) is 24.0 Å². The number of carbonyl (C=O) groups excluding carboxylic acids is 1. The molecule has 2 saturated carbocycles. The van der Waals surface area contributed by atoms with E-state index in [2.05, 4.69) is 13.8 Å². The van der Waals surface area contributed by atoms with Crippen molar-refractivity contribution < 1.29 is 23.4 Å². The van der Waals surface area contributed by atoms with E-state index in [-0.39, 0.29) is 29.5 Å². The summed E-state index contributed by atoms with van der Waals surface area (Å²) in [7, 11) is 0. The first kappa shape index (κ1) is 21.8. The number of halogens is 2. The highest BCUT2D eigenvalue weighted by molar-refractivity contribution is 6.15. The number of aliphatic hydroxyl groups is 1. The van der Waals surface area contributed by atoms with Crippen LogP contribution in [0.4, 0.5) is 8.78 Å². The molecule has 0 unspecified atom stereocenters. The van der Waals surface area contributed by atoms with Crippen molar-refractivity contribution in [2.75, 3.05) is 26.3 Å². The monoisotopic (exact) mass is 431 g/mol. The number of hydrogen-bond donors (Lipinski definition) is 3. The Morgan fingerprint density at radius 2 is 2.03 bits per heavy atom. The number of morpholine rings is 1. The van der Waals surface area contributed by atoms with E-state index in [1.165, 1.54) is 12.1 Å². The van der Waals surface area contributed by atoms with Gasteiger partial charge in [-0.2, -0.15) is 0 Å². The maximum atomic E-state index is 14.2. The smallest absolute Gasteiger partial charge is 0.248 e. The maximum Gasteiger partial charge on any atom is 0.248 e. The summed E-state index contributed by atoms with van der Waals surface area (Å²) < 4.78 is 34.5. The van der Waals surface area contributed by atoms with E-state index in [1.807, 2.05) is 0 Å². The van der Waals surface area contributed by atoms with E-state index < -0.39 is 35.3 Å². The molecule has 31 heavy (non-hydrogen) atoms. The summed E-state index contributed by atoms with van der Waals surface area (Å²) >= 11 is 0. The molecular formula is C23H27F2N3O3. The van der Waals surface area contributed by atoms with Crippen LogP contribution < -0.4 is 0 Å². The van der Waals surface area contributed by atoms with Gasteiger partial charge in [0.15, 0.2) is 0 Å². The zero-order valence-electron chi connectivity index (χ0n) is 17.7. The lowest BCUT2D eigenvalue weighted by atomic mass is 9.64. The topological polar surface area (TPSA) is 97.5 Å². The number of rotatable bonds is 4. The summed E-state index contributed by atoms with van der Waals surface area (Å²) in [5.41, 5.74) is -0.829. The van der Waals surface area contributed by atoms with Crippen molar-refractivity contribution in [1.82, 2.24) is 4.90 Å². The number of fused-ring (bicyclic) bond motifs is 2. The first-order valence-electron chi connectivity index (χ1n) is 10.5. The highest BCUT2D eigenvalue weighted by Gasteiger charge is 2.68. The molecule has 6 nitrogen and oxygen atoms in total. The van der Waals surface area contributed by atoms with Crippen molar-refractivity contribution in [3.63, 3.8) is 0 Å². The Morgan fingerprint density at radius 3 is 2.68 bits per heavy atom. The highest BCUT2D eigenvalue weighted by atomic mass is 19.1. The summed E-state index contributed by atoms with van der Waals surface area (Å²) in [6.45, 7) is 4.54. The first-order valence-corrected chi connectivity index (χ1v) is 10.5. The van der Waals surface area contributed by atoms with Gasteiger partial charge >= 0.3 is 0 Å². The Labute approximate surface area is 179 Å². The maximum absolute atomic E-state index is 14.2. The number of carbonyl (C=O) groups is 1. The quantitative estimate of drug-likeness (QED) is 0.640. The summed E-state index contributed by atoms with van der Waals surface area (Å²) in [5.74, 6) is -2.03. The predicted molar refractivity (Wildman–Crippen MR) is 111 cm³/mol. The molecule has 1 aromatic carbocycles. The molecule has 1 amide bonds. The standard InChI is InChI=1S/C23H27F2N3O3/c1-22(2)14-6-7-23(22,18-11-28(8-9-31-18)19(30)12-29)21(27)13(14)10-17(26)20-15(24)4-3-5-16(20)25/h3-5,10,14,18,26-27,29H,6-9,11-12H2,1-2H3/b13-10-,26-17?,27-21?/t14-,18+,23-/m0/s1. The molecule has 1 heterocycles. The Hall–Kier alpha value is -2.45. The molecule has 0 aromatic heterocycles. The van der Waals surface area contributed by atoms with Crippen molar-refractivity contribution in [2.24, 2.45) is 16.7 Å². The van der Waals surface area contributed by atoms with Crippen LogP contribution in [0, 0.1) is 39.2 Å². The molecule has 0 spiro atoms. The van der Waals surface area contributed by atoms with Gasteiger partial charge in [-0.05, 0) is 48.0 Å². The lowest BCUT2D eigenvalue weighted by Crippen LogP contribution is -2.57. The molecule has 3 aliphatic rings. The third kappa shape index (κ3) is 3.07. The van der Waals surface area contributed by atoms with Crippen molar-refractivity contribution >= 4 is 17.3 Å².